The Labute approximate surface area is 157 Å². The number of amides is 1. The van der Waals surface area contributed by atoms with E-state index in [1.54, 1.807) is 0 Å². The number of nitrogens with zero attached hydrogens (tertiary/aromatic N) is 3. The Morgan fingerprint density at radius 1 is 1.17 bits per heavy atom. The zero-order valence-corrected chi connectivity index (χ0v) is 16.8. The molecule has 134 valence electrons. The second kappa shape index (κ2) is 11.1. The van der Waals surface area contributed by atoms with Crippen molar-refractivity contribution in [3.05, 3.63) is 0 Å². The molecule has 0 bridgehead atoms. The van der Waals surface area contributed by atoms with Crippen LogP contribution in [0.25, 0.3) is 0 Å². The molecule has 0 aliphatic carbocycles. The summed E-state index contributed by atoms with van der Waals surface area (Å²) >= 11 is 0. The smallest absolute Gasteiger partial charge is 0.244 e. The lowest BCUT2D eigenvalue weighted by Crippen LogP contribution is -2.41. The van der Waals surface area contributed by atoms with Gasteiger partial charge in [0.25, 0.3) is 0 Å². The molecule has 1 atom stereocenters. The Morgan fingerprint density at radius 2 is 1.91 bits per heavy atom. The average molecular weight is 437 g/mol. The molecule has 2 heterocycles. The van der Waals surface area contributed by atoms with Crippen LogP contribution in [-0.2, 0) is 4.79 Å². The summed E-state index contributed by atoms with van der Waals surface area (Å²) in [5.74, 6) is 1.59. The molecule has 6 nitrogen and oxygen atoms in total. The van der Waals surface area contributed by atoms with Crippen LogP contribution in [0, 0.1) is 5.92 Å². The van der Waals surface area contributed by atoms with E-state index in [2.05, 4.69) is 27.4 Å². The molecule has 0 radical (unpaired) electrons. The summed E-state index contributed by atoms with van der Waals surface area (Å²) in [6.45, 7) is 11.5. The van der Waals surface area contributed by atoms with E-state index in [1.807, 2.05) is 11.8 Å². The van der Waals surface area contributed by atoms with Crippen molar-refractivity contribution in [1.29, 1.82) is 0 Å². The molecule has 2 saturated heterocycles. The van der Waals surface area contributed by atoms with Gasteiger partial charge in [0.2, 0.25) is 5.91 Å². The molecule has 2 rings (SSSR count). The molecule has 0 aromatic heterocycles. The number of carbonyl (C=O) groups is 1. The molecular formula is C16H32IN5O. The number of guanidine groups is 1. The summed E-state index contributed by atoms with van der Waals surface area (Å²) in [4.78, 5) is 20.9. The Balaban J connectivity index is 0.00000264. The van der Waals surface area contributed by atoms with E-state index < -0.39 is 0 Å². The van der Waals surface area contributed by atoms with E-state index in [0.29, 0.717) is 5.92 Å². The van der Waals surface area contributed by atoms with Crippen LogP contribution < -0.4 is 10.6 Å². The summed E-state index contributed by atoms with van der Waals surface area (Å²) in [5.41, 5.74) is 0. The minimum atomic E-state index is 0. The van der Waals surface area contributed by atoms with Gasteiger partial charge in [0.05, 0.1) is 0 Å². The molecule has 1 unspecified atom stereocenters. The van der Waals surface area contributed by atoms with Crippen molar-refractivity contribution in [2.75, 3.05) is 52.4 Å². The highest BCUT2D eigenvalue weighted by atomic mass is 127. The van der Waals surface area contributed by atoms with Gasteiger partial charge < -0.3 is 20.4 Å². The molecule has 0 spiro atoms. The van der Waals surface area contributed by atoms with Gasteiger partial charge in [-0.25, -0.2) is 4.99 Å². The van der Waals surface area contributed by atoms with Crippen LogP contribution in [0.1, 0.15) is 33.1 Å². The van der Waals surface area contributed by atoms with Crippen molar-refractivity contribution in [2.24, 2.45) is 10.9 Å². The average Bonchev–Trinajstić information content (AvgIpc) is 3.20. The lowest BCUT2D eigenvalue weighted by atomic mass is 10.1. The predicted molar refractivity (Wildman–Crippen MR) is 105 cm³/mol. The van der Waals surface area contributed by atoms with Gasteiger partial charge in [0.15, 0.2) is 5.96 Å². The number of hydrogen-bond acceptors (Lipinski definition) is 3. The fourth-order valence-corrected chi connectivity index (χ4v) is 3.16. The van der Waals surface area contributed by atoms with E-state index in [1.165, 1.54) is 13.0 Å². The third-order valence-corrected chi connectivity index (χ3v) is 4.55. The molecule has 2 fully saturated rings. The van der Waals surface area contributed by atoms with E-state index in [0.717, 1.165) is 58.1 Å². The molecule has 23 heavy (non-hydrogen) atoms. The normalized spacial score (nSPS) is 22.1. The zero-order chi connectivity index (χ0) is 15.8. The van der Waals surface area contributed by atoms with Crippen molar-refractivity contribution in [2.45, 2.75) is 33.1 Å². The third kappa shape index (κ3) is 6.82. The van der Waals surface area contributed by atoms with Crippen LogP contribution in [0.15, 0.2) is 4.99 Å². The SMILES string of the molecule is CCNC(=NCC(=O)N1CCCC1)NCC1CCN(CC)C1.I. The number of hydrogen-bond donors (Lipinski definition) is 2. The number of halogens is 1. The van der Waals surface area contributed by atoms with E-state index in [9.17, 15) is 4.79 Å². The predicted octanol–water partition coefficient (Wildman–Crippen LogP) is 1.12. The van der Waals surface area contributed by atoms with Crippen molar-refractivity contribution < 1.29 is 4.79 Å². The molecule has 2 N–H and O–H groups in total. The van der Waals surface area contributed by atoms with Gasteiger partial charge in [-0.15, -0.1) is 24.0 Å². The van der Waals surface area contributed by atoms with Crippen molar-refractivity contribution in [3.63, 3.8) is 0 Å². The Hall–Kier alpha value is -0.570. The molecule has 2 aliphatic rings. The van der Waals surface area contributed by atoms with Gasteiger partial charge in [-0.1, -0.05) is 6.92 Å². The fourth-order valence-electron chi connectivity index (χ4n) is 3.16. The lowest BCUT2D eigenvalue weighted by molar-refractivity contribution is -0.128. The molecular weight excluding hydrogens is 405 g/mol. The van der Waals surface area contributed by atoms with Gasteiger partial charge in [-0.3, -0.25) is 4.79 Å². The fraction of sp³-hybridized carbons (Fsp3) is 0.875. The van der Waals surface area contributed by atoms with Gasteiger partial charge in [-0.2, -0.15) is 0 Å². The van der Waals surface area contributed by atoms with Crippen molar-refractivity contribution in [3.8, 4) is 0 Å². The van der Waals surface area contributed by atoms with Crippen LogP contribution in [0.3, 0.4) is 0 Å². The highest BCUT2D eigenvalue weighted by molar-refractivity contribution is 14.0. The van der Waals surface area contributed by atoms with Gasteiger partial charge in [0, 0.05) is 32.7 Å². The van der Waals surface area contributed by atoms with Gasteiger partial charge in [-0.05, 0) is 45.2 Å². The first-order valence-corrected chi connectivity index (χ1v) is 8.75. The molecule has 0 aromatic carbocycles. The van der Waals surface area contributed by atoms with Gasteiger partial charge in [0.1, 0.15) is 6.54 Å². The standard InChI is InChI=1S/C16H31N5O.HI/c1-3-17-16(18-11-14-7-10-20(4-2)13-14)19-12-15(22)21-8-5-6-9-21;/h14H,3-13H2,1-2H3,(H2,17,18,19);1H. The number of nitrogens with one attached hydrogen (secondary N) is 2. The van der Waals surface area contributed by atoms with Crippen LogP contribution in [0.2, 0.25) is 0 Å². The first-order chi connectivity index (χ1) is 10.7. The highest BCUT2D eigenvalue weighted by Gasteiger charge is 2.21. The maximum absolute atomic E-state index is 12.1. The lowest BCUT2D eigenvalue weighted by Gasteiger charge is -2.17. The summed E-state index contributed by atoms with van der Waals surface area (Å²) in [6, 6.07) is 0. The summed E-state index contributed by atoms with van der Waals surface area (Å²) < 4.78 is 0. The molecule has 0 aromatic rings. The topological polar surface area (TPSA) is 60.0 Å². The van der Waals surface area contributed by atoms with E-state index >= 15 is 0 Å². The van der Waals surface area contributed by atoms with Crippen LogP contribution >= 0.6 is 24.0 Å². The van der Waals surface area contributed by atoms with Crippen molar-refractivity contribution >= 4 is 35.8 Å². The van der Waals surface area contributed by atoms with E-state index in [4.69, 9.17) is 0 Å². The van der Waals surface area contributed by atoms with Gasteiger partial charge >= 0.3 is 0 Å². The molecule has 1 amide bonds. The second-order valence-corrected chi connectivity index (χ2v) is 6.21. The minimum absolute atomic E-state index is 0. The first kappa shape index (κ1) is 20.5. The maximum Gasteiger partial charge on any atom is 0.244 e. The summed E-state index contributed by atoms with van der Waals surface area (Å²) in [7, 11) is 0. The number of carbonyl (C=O) groups excluding carboxylic acids is 1. The number of likely N-dealkylation sites (tertiary alicyclic amines) is 2. The minimum Gasteiger partial charge on any atom is -0.357 e. The van der Waals surface area contributed by atoms with Crippen LogP contribution in [-0.4, -0.2) is 74.0 Å². The number of aliphatic imine (C=N–C) groups is 1. The molecule has 2 aliphatic heterocycles. The highest BCUT2D eigenvalue weighted by Crippen LogP contribution is 2.14. The monoisotopic (exact) mass is 437 g/mol. The largest absolute Gasteiger partial charge is 0.357 e. The Bertz CT molecular complexity index is 385. The third-order valence-electron chi connectivity index (χ3n) is 4.55. The molecule has 0 saturated carbocycles. The first-order valence-electron chi connectivity index (χ1n) is 8.75. The Kier molecular flexibility index (Phi) is 9.85. The summed E-state index contributed by atoms with van der Waals surface area (Å²) in [5, 5.41) is 6.63. The quantitative estimate of drug-likeness (QED) is 0.372. The van der Waals surface area contributed by atoms with Crippen LogP contribution in [0.4, 0.5) is 0 Å². The van der Waals surface area contributed by atoms with E-state index in [-0.39, 0.29) is 36.4 Å². The molecule has 7 heteroatoms. The maximum atomic E-state index is 12.1. The van der Waals surface area contributed by atoms with Crippen LogP contribution in [0.5, 0.6) is 0 Å². The summed E-state index contributed by atoms with van der Waals surface area (Å²) in [6.07, 6.45) is 3.50. The van der Waals surface area contributed by atoms with Crippen molar-refractivity contribution in [1.82, 2.24) is 20.4 Å². The second-order valence-electron chi connectivity index (χ2n) is 6.21. The Morgan fingerprint density at radius 3 is 2.52 bits per heavy atom. The number of rotatable bonds is 6. The zero-order valence-electron chi connectivity index (χ0n) is 14.5.